The standard InChI is InChI=1S/C16H18N4/c1-20(2)16(13-6-4-3-5-7-13)12-19-15-9-8-14(10-17)18-11-15/h3-9,11,16,19H,12H2,1-2H3. The maximum Gasteiger partial charge on any atom is 0.140 e. The highest BCUT2D eigenvalue weighted by Crippen LogP contribution is 2.18. The van der Waals surface area contributed by atoms with E-state index in [1.54, 1.807) is 12.3 Å². The normalized spacial score (nSPS) is 11.9. The molecule has 4 nitrogen and oxygen atoms in total. The Hall–Kier alpha value is -2.38. The van der Waals surface area contributed by atoms with Crippen LogP contribution in [-0.2, 0) is 0 Å². The minimum Gasteiger partial charge on any atom is -0.382 e. The number of nitrogens with one attached hydrogen (secondary N) is 1. The summed E-state index contributed by atoms with van der Waals surface area (Å²) < 4.78 is 0. The Bertz CT molecular complexity index is 570. The van der Waals surface area contributed by atoms with Gasteiger partial charge in [-0.25, -0.2) is 4.98 Å². The summed E-state index contributed by atoms with van der Waals surface area (Å²) in [5, 5.41) is 12.1. The Labute approximate surface area is 119 Å². The molecule has 0 aliphatic rings. The average molecular weight is 266 g/mol. The molecule has 0 aliphatic heterocycles. The Morgan fingerprint density at radius 1 is 1.20 bits per heavy atom. The lowest BCUT2D eigenvalue weighted by atomic mass is 10.1. The molecule has 0 radical (unpaired) electrons. The Kier molecular flexibility index (Phi) is 4.70. The third kappa shape index (κ3) is 3.56. The smallest absolute Gasteiger partial charge is 0.140 e. The second-order valence-corrected chi connectivity index (χ2v) is 4.81. The molecule has 1 heterocycles. The molecule has 102 valence electrons. The van der Waals surface area contributed by atoms with Gasteiger partial charge in [0.2, 0.25) is 0 Å². The number of benzene rings is 1. The van der Waals surface area contributed by atoms with Gasteiger partial charge >= 0.3 is 0 Å². The van der Waals surface area contributed by atoms with Crippen LogP contribution in [0.25, 0.3) is 0 Å². The van der Waals surface area contributed by atoms with E-state index in [1.165, 1.54) is 5.56 Å². The fraction of sp³-hybridized carbons (Fsp3) is 0.250. The molecule has 4 heteroatoms. The molecular weight excluding hydrogens is 248 g/mol. The van der Waals surface area contributed by atoms with Gasteiger partial charge in [0.05, 0.1) is 17.9 Å². The van der Waals surface area contributed by atoms with Crippen LogP contribution >= 0.6 is 0 Å². The Morgan fingerprint density at radius 3 is 2.50 bits per heavy atom. The lowest BCUT2D eigenvalue weighted by Gasteiger charge is -2.25. The van der Waals surface area contributed by atoms with E-state index in [0.29, 0.717) is 5.69 Å². The molecule has 0 bridgehead atoms. The van der Waals surface area contributed by atoms with Crippen LogP contribution in [0, 0.1) is 11.3 Å². The van der Waals surface area contributed by atoms with Crippen LogP contribution < -0.4 is 5.32 Å². The van der Waals surface area contributed by atoms with Crippen LogP contribution in [0.15, 0.2) is 48.7 Å². The molecule has 0 amide bonds. The quantitative estimate of drug-likeness (QED) is 0.904. The van der Waals surface area contributed by atoms with Crippen molar-refractivity contribution >= 4 is 5.69 Å². The van der Waals surface area contributed by atoms with E-state index in [9.17, 15) is 0 Å². The van der Waals surface area contributed by atoms with Crippen LogP contribution in [0.5, 0.6) is 0 Å². The Morgan fingerprint density at radius 2 is 1.95 bits per heavy atom. The van der Waals surface area contributed by atoms with Crippen molar-refractivity contribution < 1.29 is 0 Å². The van der Waals surface area contributed by atoms with Gasteiger partial charge in [-0.2, -0.15) is 5.26 Å². The van der Waals surface area contributed by atoms with E-state index in [-0.39, 0.29) is 6.04 Å². The van der Waals surface area contributed by atoms with Crippen molar-refractivity contribution in [3.8, 4) is 6.07 Å². The molecule has 0 saturated heterocycles. The summed E-state index contributed by atoms with van der Waals surface area (Å²) in [5.41, 5.74) is 2.63. The average Bonchev–Trinajstić information content (AvgIpc) is 2.49. The van der Waals surface area contributed by atoms with Gasteiger partial charge in [-0.05, 0) is 31.8 Å². The van der Waals surface area contributed by atoms with Crippen LogP contribution in [0.2, 0.25) is 0 Å². The van der Waals surface area contributed by atoms with E-state index >= 15 is 0 Å². The predicted octanol–water partition coefficient (Wildman–Crippen LogP) is 2.67. The molecule has 1 aromatic heterocycles. The molecule has 2 rings (SSSR count). The van der Waals surface area contributed by atoms with Gasteiger partial charge in [0.1, 0.15) is 11.8 Å². The Balaban J connectivity index is 2.04. The van der Waals surface area contributed by atoms with E-state index in [0.717, 1.165) is 12.2 Å². The van der Waals surface area contributed by atoms with Crippen LogP contribution in [0.4, 0.5) is 5.69 Å². The van der Waals surface area contributed by atoms with Gasteiger partial charge in [0, 0.05) is 6.54 Å². The summed E-state index contributed by atoms with van der Waals surface area (Å²) in [6, 6.07) is 16.3. The summed E-state index contributed by atoms with van der Waals surface area (Å²) in [5.74, 6) is 0. The summed E-state index contributed by atoms with van der Waals surface area (Å²) in [6.45, 7) is 0.782. The number of aromatic nitrogens is 1. The van der Waals surface area contributed by atoms with Crippen molar-refractivity contribution in [2.75, 3.05) is 26.0 Å². The van der Waals surface area contributed by atoms with Gasteiger partial charge in [-0.1, -0.05) is 30.3 Å². The molecule has 1 aromatic carbocycles. The summed E-state index contributed by atoms with van der Waals surface area (Å²) in [6.07, 6.45) is 1.69. The fourth-order valence-electron chi connectivity index (χ4n) is 2.05. The molecule has 1 atom stereocenters. The number of likely N-dealkylation sites (N-methyl/N-ethyl adjacent to an activating group) is 1. The maximum atomic E-state index is 8.73. The first-order valence-corrected chi connectivity index (χ1v) is 6.52. The number of nitriles is 1. The maximum absolute atomic E-state index is 8.73. The number of anilines is 1. The zero-order valence-corrected chi connectivity index (χ0v) is 11.7. The van der Waals surface area contributed by atoms with E-state index < -0.39 is 0 Å². The lowest BCUT2D eigenvalue weighted by molar-refractivity contribution is 0.312. The monoisotopic (exact) mass is 266 g/mol. The van der Waals surface area contributed by atoms with E-state index in [2.05, 4.69) is 53.6 Å². The minimum absolute atomic E-state index is 0.284. The molecule has 0 spiro atoms. The van der Waals surface area contributed by atoms with Crippen LogP contribution in [0.3, 0.4) is 0 Å². The van der Waals surface area contributed by atoms with Gasteiger partial charge in [0.25, 0.3) is 0 Å². The van der Waals surface area contributed by atoms with Crippen molar-refractivity contribution in [3.63, 3.8) is 0 Å². The zero-order valence-electron chi connectivity index (χ0n) is 11.7. The first-order valence-electron chi connectivity index (χ1n) is 6.52. The predicted molar refractivity (Wildman–Crippen MR) is 80.3 cm³/mol. The van der Waals surface area contributed by atoms with Crippen molar-refractivity contribution in [3.05, 3.63) is 59.9 Å². The second-order valence-electron chi connectivity index (χ2n) is 4.81. The summed E-state index contributed by atoms with van der Waals surface area (Å²) in [7, 11) is 4.13. The molecule has 0 saturated carbocycles. The van der Waals surface area contributed by atoms with Crippen LogP contribution in [0.1, 0.15) is 17.3 Å². The minimum atomic E-state index is 0.284. The van der Waals surface area contributed by atoms with Gasteiger partial charge in [0.15, 0.2) is 0 Å². The number of pyridine rings is 1. The number of rotatable bonds is 5. The zero-order chi connectivity index (χ0) is 14.4. The molecule has 1 N–H and O–H groups in total. The van der Waals surface area contributed by atoms with Crippen LogP contribution in [-0.4, -0.2) is 30.5 Å². The molecule has 20 heavy (non-hydrogen) atoms. The lowest BCUT2D eigenvalue weighted by Crippen LogP contribution is -2.26. The van der Waals surface area contributed by atoms with Crippen molar-refractivity contribution in [2.24, 2.45) is 0 Å². The molecule has 0 fully saturated rings. The molecule has 2 aromatic rings. The highest BCUT2D eigenvalue weighted by atomic mass is 15.1. The third-order valence-corrected chi connectivity index (χ3v) is 3.19. The highest BCUT2D eigenvalue weighted by molar-refractivity contribution is 5.43. The van der Waals surface area contributed by atoms with E-state index in [4.69, 9.17) is 5.26 Å². The number of nitrogens with zero attached hydrogens (tertiary/aromatic N) is 3. The van der Waals surface area contributed by atoms with Gasteiger partial charge in [-0.3, -0.25) is 0 Å². The topological polar surface area (TPSA) is 52.0 Å². The number of hydrogen-bond acceptors (Lipinski definition) is 4. The number of hydrogen-bond donors (Lipinski definition) is 1. The second kappa shape index (κ2) is 6.69. The van der Waals surface area contributed by atoms with Crippen molar-refractivity contribution in [2.45, 2.75) is 6.04 Å². The van der Waals surface area contributed by atoms with Crippen molar-refractivity contribution in [1.29, 1.82) is 5.26 Å². The molecule has 0 aliphatic carbocycles. The fourth-order valence-corrected chi connectivity index (χ4v) is 2.05. The summed E-state index contributed by atoms with van der Waals surface area (Å²) in [4.78, 5) is 6.24. The SMILES string of the molecule is CN(C)C(CNc1ccc(C#N)nc1)c1ccccc1. The molecule has 1 unspecified atom stereocenters. The highest BCUT2D eigenvalue weighted by Gasteiger charge is 2.13. The van der Waals surface area contributed by atoms with Gasteiger partial charge < -0.3 is 10.2 Å². The third-order valence-electron chi connectivity index (χ3n) is 3.19. The molecular formula is C16H18N4. The first-order chi connectivity index (χ1) is 9.70. The van der Waals surface area contributed by atoms with Crippen molar-refractivity contribution in [1.82, 2.24) is 9.88 Å². The first kappa shape index (κ1) is 14.0. The largest absolute Gasteiger partial charge is 0.382 e. The van der Waals surface area contributed by atoms with Gasteiger partial charge in [-0.15, -0.1) is 0 Å². The summed E-state index contributed by atoms with van der Waals surface area (Å²) >= 11 is 0. The van der Waals surface area contributed by atoms with E-state index in [1.807, 2.05) is 18.2 Å².